The summed E-state index contributed by atoms with van der Waals surface area (Å²) in [6.07, 6.45) is -2.44. The van der Waals surface area contributed by atoms with E-state index in [1.54, 1.807) is 0 Å². The number of carbonyl (C=O) groups is 1. The standard InChI is InChI=1S/C18H24N4.C2HF3O2/c1-2-4-15(5-3-1)13-21-8-10-22(11-9-21)14-17-12-18(20-19-17)16-6-7-16;3-2(4,5)1(6)7/h1-5,12,16H,6-11,13-14H2,(H,19,20);(H,6,7). The molecule has 1 aliphatic carbocycles. The Kier molecular flexibility index (Phi) is 6.92. The Hall–Kier alpha value is -2.39. The van der Waals surface area contributed by atoms with Gasteiger partial charge >= 0.3 is 12.1 Å². The average molecular weight is 410 g/mol. The minimum atomic E-state index is -5.08. The molecule has 158 valence electrons. The van der Waals surface area contributed by atoms with Crippen molar-refractivity contribution in [3.63, 3.8) is 0 Å². The van der Waals surface area contributed by atoms with Gasteiger partial charge < -0.3 is 5.11 Å². The molecule has 1 aliphatic heterocycles. The number of aromatic amines is 1. The third-order valence-corrected chi connectivity index (χ3v) is 5.00. The van der Waals surface area contributed by atoms with Crippen molar-refractivity contribution in [3.05, 3.63) is 53.3 Å². The molecule has 2 aliphatic rings. The van der Waals surface area contributed by atoms with Gasteiger partial charge in [-0.3, -0.25) is 14.9 Å². The number of halogens is 3. The monoisotopic (exact) mass is 410 g/mol. The minimum Gasteiger partial charge on any atom is -0.475 e. The number of H-pyrrole nitrogens is 1. The Balaban J connectivity index is 0.000000298. The predicted molar refractivity (Wildman–Crippen MR) is 101 cm³/mol. The van der Waals surface area contributed by atoms with Gasteiger partial charge in [-0.15, -0.1) is 0 Å². The number of alkyl halides is 3. The number of carboxylic acid groups (broad SMARTS) is 1. The summed E-state index contributed by atoms with van der Waals surface area (Å²) < 4.78 is 31.7. The van der Waals surface area contributed by atoms with Crippen molar-refractivity contribution in [3.8, 4) is 0 Å². The predicted octanol–water partition coefficient (Wildman–Crippen LogP) is 3.24. The van der Waals surface area contributed by atoms with Crippen molar-refractivity contribution in [2.45, 2.75) is 38.0 Å². The summed E-state index contributed by atoms with van der Waals surface area (Å²) in [5.41, 5.74) is 3.97. The first kappa shape index (κ1) is 21.3. The molecule has 2 fully saturated rings. The number of rotatable bonds is 5. The Labute approximate surface area is 167 Å². The van der Waals surface area contributed by atoms with Gasteiger partial charge in [0.1, 0.15) is 0 Å². The van der Waals surface area contributed by atoms with E-state index in [1.807, 2.05) is 0 Å². The topological polar surface area (TPSA) is 72.5 Å². The van der Waals surface area contributed by atoms with Crippen LogP contribution in [0.5, 0.6) is 0 Å². The summed E-state index contributed by atoms with van der Waals surface area (Å²) in [7, 11) is 0. The minimum absolute atomic E-state index is 0.743. The smallest absolute Gasteiger partial charge is 0.475 e. The number of carboxylic acids is 1. The van der Waals surface area contributed by atoms with E-state index < -0.39 is 12.1 Å². The van der Waals surface area contributed by atoms with Crippen LogP contribution < -0.4 is 0 Å². The number of nitrogens with zero attached hydrogens (tertiary/aromatic N) is 3. The van der Waals surface area contributed by atoms with Gasteiger partial charge in [0.05, 0.1) is 5.69 Å². The lowest BCUT2D eigenvalue weighted by Crippen LogP contribution is -2.45. The number of aromatic nitrogens is 2. The number of hydrogen-bond donors (Lipinski definition) is 2. The van der Waals surface area contributed by atoms with Crippen molar-refractivity contribution < 1.29 is 23.1 Å². The molecule has 0 amide bonds. The fraction of sp³-hybridized carbons (Fsp3) is 0.500. The molecule has 0 spiro atoms. The van der Waals surface area contributed by atoms with Gasteiger partial charge in [-0.05, 0) is 24.5 Å². The molecule has 0 atom stereocenters. The first-order valence-electron chi connectivity index (χ1n) is 9.64. The van der Waals surface area contributed by atoms with Gasteiger partial charge in [0, 0.05) is 50.9 Å². The summed E-state index contributed by atoms with van der Waals surface area (Å²) in [6.45, 7) is 6.68. The van der Waals surface area contributed by atoms with E-state index in [9.17, 15) is 13.2 Å². The quantitative estimate of drug-likeness (QED) is 0.792. The van der Waals surface area contributed by atoms with Crippen LogP contribution in [-0.2, 0) is 17.9 Å². The molecular weight excluding hydrogens is 385 g/mol. The van der Waals surface area contributed by atoms with Gasteiger partial charge in [0.2, 0.25) is 0 Å². The van der Waals surface area contributed by atoms with E-state index >= 15 is 0 Å². The van der Waals surface area contributed by atoms with Crippen molar-refractivity contribution >= 4 is 5.97 Å². The van der Waals surface area contributed by atoms with E-state index in [-0.39, 0.29) is 0 Å². The zero-order valence-electron chi connectivity index (χ0n) is 16.0. The summed E-state index contributed by atoms with van der Waals surface area (Å²) >= 11 is 0. The third-order valence-electron chi connectivity index (χ3n) is 5.00. The maximum atomic E-state index is 10.6. The van der Waals surface area contributed by atoms with Crippen LogP contribution in [0.2, 0.25) is 0 Å². The maximum Gasteiger partial charge on any atom is 0.490 e. The number of aliphatic carboxylic acids is 1. The Morgan fingerprint density at radius 2 is 1.62 bits per heavy atom. The molecule has 0 unspecified atom stereocenters. The number of hydrogen-bond acceptors (Lipinski definition) is 4. The van der Waals surface area contributed by atoms with Gasteiger partial charge in [0.15, 0.2) is 0 Å². The highest BCUT2D eigenvalue weighted by Crippen LogP contribution is 2.39. The number of piperazine rings is 1. The highest BCUT2D eigenvalue weighted by atomic mass is 19.4. The van der Waals surface area contributed by atoms with Crippen LogP contribution >= 0.6 is 0 Å². The first-order chi connectivity index (χ1) is 13.8. The van der Waals surface area contributed by atoms with Crippen LogP contribution in [0.1, 0.15) is 35.7 Å². The lowest BCUT2D eigenvalue weighted by Gasteiger charge is -2.34. The summed E-state index contributed by atoms with van der Waals surface area (Å²) in [5.74, 6) is -2.01. The van der Waals surface area contributed by atoms with E-state index in [1.165, 1.54) is 29.8 Å². The van der Waals surface area contributed by atoms with Gasteiger partial charge in [-0.25, -0.2) is 4.79 Å². The van der Waals surface area contributed by atoms with Gasteiger partial charge in [-0.1, -0.05) is 30.3 Å². The van der Waals surface area contributed by atoms with Crippen LogP contribution in [0.4, 0.5) is 13.2 Å². The second-order valence-corrected chi connectivity index (χ2v) is 7.43. The maximum absolute atomic E-state index is 10.6. The molecule has 0 bridgehead atoms. The zero-order chi connectivity index (χ0) is 20.9. The molecule has 1 aromatic heterocycles. The lowest BCUT2D eigenvalue weighted by atomic mass is 10.2. The van der Waals surface area contributed by atoms with Crippen molar-refractivity contribution in [1.82, 2.24) is 20.0 Å². The molecular formula is C20H25F3N4O2. The first-order valence-corrected chi connectivity index (χ1v) is 9.64. The molecule has 1 saturated heterocycles. The molecule has 2 aromatic rings. The average Bonchev–Trinajstić information content (AvgIpc) is 3.43. The molecule has 4 rings (SSSR count). The van der Waals surface area contributed by atoms with Crippen LogP contribution in [0.25, 0.3) is 0 Å². The Bertz CT molecular complexity index is 783. The zero-order valence-corrected chi connectivity index (χ0v) is 16.0. The third kappa shape index (κ3) is 6.86. The van der Waals surface area contributed by atoms with Crippen molar-refractivity contribution in [2.75, 3.05) is 26.2 Å². The lowest BCUT2D eigenvalue weighted by molar-refractivity contribution is -0.192. The Morgan fingerprint density at radius 3 is 2.14 bits per heavy atom. The SMILES string of the molecule is O=C(O)C(F)(F)F.c1ccc(CN2CCN(Cc3cc(C4CC4)n[nH]3)CC2)cc1. The summed E-state index contributed by atoms with van der Waals surface area (Å²) in [6, 6.07) is 13.0. The highest BCUT2D eigenvalue weighted by molar-refractivity contribution is 5.73. The normalized spacial score (nSPS) is 18.2. The largest absolute Gasteiger partial charge is 0.490 e. The summed E-state index contributed by atoms with van der Waals surface area (Å²) in [5, 5.41) is 14.8. The number of nitrogens with one attached hydrogen (secondary N) is 1. The van der Waals surface area contributed by atoms with E-state index in [4.69, 9.17) is 9.90 Å². The van der Waals surface area contributed by atoms with Crippen LogP contribution in [0, 0.1) is 0 Å². The second kappa shape index (κ2) is 9.41. The van der Waals surface area contributed by atoms with Crippen LogP contribution in [0.3, 0.4) is 0 Å². The number of benzene rings is 1. The molecule has 1 saturated carbocycles. The fourth-order valence-electron chi connectivity index (χ4n) is 3.24. The van der Waals surface area contributed by atoms with Crippen molar-refractivity contribution in [2.24, 2.45) is 0 Å². The van der Waals surface area contributed by atoms with E-state index in [0.717, 1.165) is 45.2 Å². The molecule has 9 heteroatoms. The highest BCUT2D eigenvalue weighted by Gasteiger charge is 2.38. The molecule has 29 heavy (non-hydrogen) atoms. The molecule has 2 heterocycles. The van der Waals surface area contributed by atoms with Gasteiger partial charge in [-0.2, -0.15) is 18.3 Å². The van der Waals surface area contributed by atoms with Gasteiger partial charge in [0.25, 0.3) is 0 Å². The molecule has 0 radical (unpaired) electrons. The molecule has 6 nitrogen and oxygen atoms in total. The van der Waals surface area contributed by atoms with E-state index in [2.05, 4.69) is 56.4 Å². The fourth-order valence-corrected chi connectivity index (χ4v) is 3.24. The Morgan fingerprint density at radius 1 is 1.07 bits per heavy atom. The second-order valence-electron chi connectivity index (χ2n) is 7.43. The van der Waals surface area contributed by atoms with Crippen LogP contribution in [0.15, 0.2) is 36.4 Å². The van der Waals surface area contributed by atoms with Crippen molar-refractivity contribution in [1.29, 1.82) is 0 Å². The molecule has 2 N–H and O–H groups in total. The molecule has 1 aromatic carbocycles. The van der Waals surface area contributed by atoms with E-state index in [0.29, 0.717) is 0 Å². The van der Waals surface area contributed by atoms with Crippen LogP contribution in [-0.4, -0.2) is 63.4 Å². The summed E-state index contributed by atoms with van der Waals surface area (Å²) in [4.78, 5) is 14.0.